The fourth-order valence-electron chi connectivity index (χ4n) is 1.91. The first kappa shape index (κ1) is 15.7. The average Bonchev–Trinajstić information content (AvgIpc) is 2.52. The molecule has 1 N–H and O–H groups in total. The molecule has 0 saturated carbocycles. The van der Waals surface area contributed by atoms with Gasteiger partial charge in [0.15, 0.2) is 0 Å². The van der Waals surface area contributed by atoms with E-state index in [4.69, 9.17) is 0 Å². The van der Waals surface area contributed by atoms with Crippen molar-refractivity contribution >= 4 is 17.1 Å². The van der Waals surface area contributed by atoms with Gasteiger partial charge < -0.3 is 4.90 Å². The van der Waals surface area contributed by atoms with Gasteiger partial charge in [-0.3, -0.25) is 15.5 Å². The number of benzene rings is 2. The molecule has 2 aromatic carbocycles. The van der Waals surface area contributed by atoms with Crippen LogP contribution in [0.2, 0.25) is 0 Å². The average molecular weight is 298 g/mol. The molecule has 0 radical (unpaired) electrons. The van der Waals surface area contributed by atoms with Gasteiger partial charge in [-0.1, -0.05) is 18.2 Å². The summed E-state index contributed by atoms with van der Waals surface area (Å²) in [5.41, 5.74) is 5.63. The molecule has 22 heavy (non-hydrogen) atoms. The normalized spacial score (nSPS) is 11.5. The van der Waals surface area contributed by atoms with E-state index < -0.39 is 4.92 Å². The van der Waals surface area contributed by atoms with Gasteiger partial charge in [0, 0.05) is 18.7 Å². The number of hydrogen-bond acceptors (Lipinski definition) is 5. The van der Waals surface area contributed by atoms with Gasteiger partial charge in [0.05, 0.1) is 16.3 Å². The van der Waals surface area contributed by atoms with E-state index in [2.05, 4.69) is 10.5 Å². The Morgan fingerprint density at radius 3 is 2.32 bits per heavy atom. The highest BCUT2D eigenvalue weighted by molar-refractivity contribution is 6.02. The second kappa shape index (κ2) is 7.33. The number of nitro benzene ring substituents is 1. The van der Waals surface area contributed by atoms with Crippen LogP contribution in [0.3, 0.4) is 0 Å². The lowest BCUT2D eigenvalue weighted by atomic mass is 10.1. The van der Waals surface area contributed by atoms with Crippen molar-refractivity contribution in [1.82, 2.24) is 4.90 Å². The van der Waals surface area contributed by atoms with Crippen LogP contribution in [0.5, 0.6) is 0 Å². The maximum absolute atomic E-state index is 10.7. The molecule has 0 spiro atoms. The number of hydrazone groups is 1. The third kappa shape index (κ3) is 4.39. The van der Waals surface area contributed by atoms with Crippen molar-refractivity contribution in [2.45, 2.75) is 0 Å². The molecule has 0 saturated heterocycles. The van der Waals surface area contributed by atoms with Gasteiger partial charge in [0.25, 0.3) is 5.69 Å². The van der Waals surface area contributed by atoms with E-state index in [1.54, 1.807) is 12.1 Å². The number of hydrogen-bond donors (Lipinski definition) is 1. The smallest absolute Gasteiger partial charge is 0.269 e. The molecule has 6 heteroatoms. The summed E-state index contributed by atoms with van der Waals surface area (Å²) in [6.45, 7) is 0.623. The van der Waals surface area contributed by atoms with Gasteiger partial charge in [0.1, 0.15) is 0 Å². The third-order valence-corrected chi connectivity index (χ3v) is 2.97. The van der Waals surface area contributed by atoms with Crippen LogP contribution in [0, 0.1) is 10.1 Å². The Balaban J connectivity index is 2.23. The molecule has 0 bridgehead atoms. The monoisotopic (exact) mass is 298 g/mol. The standard InChI is InChI=1S/C16H18N4O2/c1-19(2)12-16(18-17-14-6-4-3-5-7-14)13-8-10-15(11-9-13)20(21)22/h3-11,17H,12H2,1-2H3/b18-16+. The van der Waals surface area contributed by atoms with Crippen LogP contribution in [0.1, 0.15) is 5.56 Å². The summed E-state index contributed by atoms with van der Waals surface area (Å²) in [5, 5.41) is 15.2. The van der Waals surface area contributed by atoms with E-state index in [-0.39, 0.29) is 5.69 Å². The quantitative estimate of drug-likeness (QED) is 0.505. The maximum atomic E-state index is 10.7. The zero-order valence-electron chi connectivity index (χ0n) is 12.6. The summed E-state index contributed by atoms with van der Waals surface area (Å²) in [6, 6.07) is 16.0. The summed E-state index contributed by atoms with van der Waals surface area (Å²) in [6.07, 6.45) is 0. The van der Waals surface area contributed by atoms with Gasteiger partial charge in [-0.2, -0.15) is 5.10 Å². The molecule has 0 amide bonds. The number of likely N-dealkylation sites (N-methyl/N-ethyl adjacent to an activating group) is 1. The zero-order valence-corrected chi connectivity index (χ0v) is 12.6. The minimum absolute atomic E-state index is 0.0731. The van der Waals surface area contributed by atoms with Crippen LogP contribution in [-0.4, -0.2) is 36.2 Å². The first-order valence-electron chi connectivity index (χ1n) is 6.83. The number of nitro groups is 1. The van der Waals surface area contributed by atoms with Crippen molar-refractivity contribution in [3.05, 3.63) is 70.3 Å². The number of nitrogens with one attached hydrogen (secondary N) is 1. The van der Waals surface area contributed by atoms with E-state index in [0.717, 1.165) is 17.0 Å². The maximum Gasteiger partial charge on any atom is 0.269 e. The van der Waals surface area contributed by atoms with Crippen molar-refractivity contribution in [3.63, 3.8) is 0 Å². The molecule has 0 fully saturated rings. The number of anilines is 1. The van der Waals surface area contributed by atoms with Gasteiger partial charge in [-0.15, -0.1) is 0 Å². The Morgan fingerprint density at radius 2 is 1.77 bits per heavy atom. The second-order valence-electron chi connectivity index (χ2n) is 5.08. The first-order valence-corrected chi connectivity index (χ1v) is 6.83. The minimum Gasteiger partial charge on any atom is -0.303 e. The van der Waals surface area contributed by atoms with Gasteiger partial charge in [0.2, 0.25) is 0 Å². The van der Waals surface area contributed by atoms with E-state index in [1.165, 1.54) is 12.1 Å². The van der Waals surface area contributed by atoms with Gasteiger partial charge in [-0.25, -0.2) is 0 Å². The van der Waals surface area contributed by atoms with Crippen molar-refractivity contribution < 1.29 is 4.92 Å². The molecule has 0 aliphatic carbocycles. The largest absolute Gasteiger partial charge is 0.303 e. The topological polar surface area (TPSA) is 70.8 Å². The highest BCUT2D eigenvalue weighted by atomic mass is 16.6. The van der Waals surface area contributed by atoms with Gasteiger partial charge in [-0.05, 0) is 43.9 Å². The van der Waals surface area contributed by atoms with Gasteiger partial charge >= 0.3 is 0 Å². The SMILES string of the molecule is CN(C)C/C(=N\Nc1ccccc1)c1ccc([N+](=O)[O-])cc1. The lowest BCUT2D eigenvalue weighted by molar-refractivity contribution is -0.384. The predicted octanol–water partition coefficient (Wildman–Crippen LogP) is 2.97. The predicted molar refractivity (Wildman–Crippen MR) is 88.3 cm³/mol. The van der Waals surface area contributed by atoms with E-state index in [1.807, 2.05) is 49.3 Å². The molecule has 0 aliphatic rings. The van der Waals surface area contributed by atoms with E-state index in [9.17, 15) is 10.1 Å². The summed E-state index contributed by atoms with van der Waals surface area (Å²) >= 11 is 0. The van der Waals surface area contributed by atoms with Crippen molar-refractivity contribution in [3.8, 4) is 0 Å². The second-order valence-corrected chi connectivity index (χ2v) is 5.08. The van der Waals surface area contributed by atoms with Crippen LogP contribution >= 0.6 is 0 Å². The van der Waals surface area contributed by atoms with Crippen LogP contribution in [0.15, 0.2) is 59.7 Å². The molecular formula is C16H18N4O2. The highest BCUT2D eigenvalue weighted by Gasteiger charge is 2.09. The molecule has 0 heterocycles. The van der Waals surface area contributed by atoms with Crippen LogP contribution < -0.4 is 5.43 Å². The summed E-state index contributed by atoms with van der Waals surface area (Å²) in [5.74, 6) is 0. The van der Waals surface area contributed by atoms with Crippen LogP contribution in [0.25, 0.3) is 0 Å². The van der Waals surface area contributed by atoms with E-state index in [0.29, 0.717) is 6.54 Å². The number of nitrogens with zero attached hydrogens (tertiary/aromatic N) is 3. The number of rotatable bonds is 6. The van der Waals surface area contributed by atoms with Crippen LogP contribution in [0.4, 0.5) is 11.4 Å². The fraction of sp³-hybridized carbons (Fsp3) is 0.188. The lowest BCUT2D eigenvalue weighted by Gasteiger charge is -2.13. The van der Waals surface area contributed by atoms with Crippen molar-refractivity contribution in [1.29, 1.82) is 0 Å². The first-order chi connectivity index (χ1) is 10.6. The molecular weight excluding hydrogens is 280 g/mol. The summed E-state index contributed by atoms with van der Waals surface area (Å²) in [7, 11) is 3.90. The highest BCUT2D eigenvalue weighted by Crippen LogP contribution is 2.13. The molecule has 6 nitrogen and oxygen atoms in total. The molecule has 2 aromatic rings. The summed E-state index contributed by atoms with van der Waals surface area (Å²) < 4.78 is 0. The van der Waals surface area contributed by atoms with E-state index >= 15 is 0 Å². The Hall–Kier alpha value is -2.73. The molecule has 114 valence electrons. The fourth-order valence-corrected chi connectivity index (χ4v) is 1.91. The number of para-hydroxylation sites is 1. The Bertz CT molecular complexity index is 652. The molecule has 0 atom stereocenters. The Kier molecular flexibility index (Phi) is 5.21. The van der Waals surface area contributed by atoms with Crippen molar-refractivity contribution in [2.24, 2.45) is 5.10 Å². The zero-order chi connectivity index (χ0) is 15.9. The molecule has 2 rings (SSSR count). The van der Waals surface area contributed by atoms with Crippen molar-refractivity contribution in [2.75, 3.05) is 26.1 Å². The van der Waals surface area contributed by atoms with Crippen LogP contribution in [-0.2, 0) is 0 Å². The Morgan fingerprint density at radius 1 is 1.14 bits per heavy atom. The molecule has 0 aliphatic heterocycles. The summed E-state index contributed by atoms with van der Waals surface area (Å²) in [4.78, 5) is 12.3. The molecule has 0 unspecified atom stereocenters. The number of non-ortho nitro benzene ring substituents is 1. The lowest BCUT2D eigenvalue weighted by Crippen LogP contribution is -2.23. The Labute approximate surface area is 129 Å². The molecule has 0 aromatic heterocycles. The minimum atomic E-state index is -0.408. The third-order valence-electron chi connectivity index (χ3n) is 2.97.